The number of ketones is 1. The molecule has 0 aromatic carbocycles. The summed E-state index contributed by atoms with van der Waals surface area (Å²) >= 11 is 0. The number of aromatic nitrogens is 1. The molecule has 0 atom stereocenters. The number of hydrogen-bond donors (Lipinski definition) is 1. The third kappa shape index (κ3) is 2.72. The van der Waals surface area contributed by atoms with Crippen molar-refractivity contribution in [3.8, 4) is 0 Å². The van der Waals surface area contributed by atoms with Crippen LogP contribution in [0, 0.1) is 5.41 Å². The molecule has 3 heteroatoms. The maximum Gasteiger partial charge on any atom is 0.143 e. The van der Waals surface area contributed by atoms with Crippen molar-refractivity contribution >= 4 is 5.78 Å². The van der Waals surface area contributed by atoms with Gasteiger partial charge in [0.25, 0.3) is 0 Å². The number of nitrogens with zero attached hydrogens (tertiary/aromatic N) is 1. The summed E-state index contributed by atoms with van der Waals surface area (Å²) in [6.45, 7) is 4.07. The molecule has 1 fully saturated rings. The molecule has 1 N–H and O–H groups in total. The monoisotopic (exact) mass is 232 g/mol. The second-order valence-corrected chi connectivity index (χ2v) is 4.84. The summed E-state index contributed by atoms with van der Waals surface area (Å²) in [5.41, 5.74) is 0.991. The molecule has 3 nitrogen and oxygen atoms in total. The van der Waals surface area contributed by atoms with Crippen molar-refractivity contribution in [1.29, 1.82) is 0 Å². The third-order valence-corrected chi connectivity index (χ3v) is 3.94. The molecule has 1 aromatic rings. The van der Waals surface area contributed by atoms with Gasteiger partial charge in [-0.3, -0.25) is 9.78 Å². The molecule has 1 aliphatic rings. The van der Waals surface area contributed by atoms with Crippen LogP contribution in [0.25, 0.3) is 0 Å². The number of rotatable bonds is 4. The Balaban J connectivity index is 2.07. The Hall–Kier alpha value is -1.22. The molecule has 1 aliphatic heterocycles. The van der Waals surface area contributed by atoms with Gasteiger partial charge in [0.15, 0.2) is 0 Å². The lowest BCUT2D eigenvalue weighted by atomic mass is 9.72. The number of carbonyl (C=O) groups excluding carboxylic acids is 1. The van der Waals surface area contributed by atoms with Crippen LogP contribution in [0.3, 0.4) is 0 Å². The zero-order chi connectivity index (χ0) is 12.1. The SMILES string of the molecule is CCC1(C(=O)Cc2ccncc2)CCNCC1. The van der Waals surface area contributed by atoms with E-state index in [0.717, 1.165) is 37.9 Å². The highest BCUT2D eigenvalue weighted by molar-refractivity contribution is 5.86. The van der Waals surface area contributed by atoms with E-state index in [1.165, 1.54) is 0 Å². The Kier molecular flexibility index (Phi) is 3.89. The first-order valence-electron chi connectivity index (χ1n) is 6.40. The number of nitrogens with one attached hydrogen (secondary N) is 1. The third-order valence-electron chi connectivity index (χ3n) is 3.94. The van der Waals surface area contributed by atoms with E-state index in [1.54, 1.807) is 12.4 Å². The topological polar surface area (TPSA) is 42.0 Å². The molecule has 92 valence electrons. The van der Waals surface area contributed by atoms with Gasteiger partial charge in [-0.2, -0.15) is 0 Å². The second-order valence-electron chi connectivity index (χ2n) is 4.84. The van der Waals surface area contributed by atoms with Crippen molar-refractivity contribution in [2.75, 3.05) is 13.1 Å². The van der Waals surface area contributed by atoms with Gasteiger partial charge in [0, 0.05) is 24.2 Å². The van der Waals surface area contributed by atoms with Crippen LogP contribution in [0.5, 0.6) is 0 Å². The molecule has 0 bridgehead atoms. The van der Waals surface area contributed by atoms with Crippen molar-refractivity contribution in [2.45, 2.75) is 32.6 Å². The molecule has 0 aliphatic carbocycles. The minimum Gasteiger partial charge on any atom is -0.317 e. The molecular weight excluding hydrogens is 212 g/mol. The fourth-order valence-electron chi connectivity index (χ4n) is 2.61. The summed E-state index contributed by atoms with van der Waals surface area (Å²) in [6, 6.07) is 3.87. The first-order chi connectivity index (χ1) is 8.27. The molecule has 1 aromatic heterocycles. The summed E-state index contributed by atoms with van der Waals surface area (Å²) < 4.78 is 0. The van der Waals surface area contributed by atoms with Gasteiger partial charge in [0.05, 0.1) is 0 Å². The van der Waals surface area contributed by atoms with Crippen LogP contribution in [0.4, 0.5) is 0 Å². The first-order valence-corrected chi connectivity index (χ1v) is 6.40. The van der Waals surface area contributed by atoms with Gasteiger partial charge in [0.2, 0.25) is 0 Å². The Morgan fingerprint density at radius 3 is 2.59 bits per heavy atom. The lowest BCUT2D eigenvalue weighted by Gasteiger charge is -2.35. The summed E-state index contributed by atoms with van der Waals surface area (Å²) in [5, 5.41) is 3.33. The molecule has 0 unspecified atom stereocenters. The van der Waals surface area contributed by atoms with E-state index in [4.69, 9.17) is 0 Å². The molecule has 17 heavy (non-hydrogen) atoms. The van der Waals surface area contributed by atoms with Crippen LogP contribution in [0.1, 0.15) is 31.7 Å². The molecule has 0 saturated carbocycles. The summed E-state index contributed by atoms with van der Waals surface area (Å²) in [7, 11) is 0. The smallest absolute Gasteiger partial charge is 0.143 e. The highest BCUT2D eigenvalue weighted by Crippen LogP contribution is 2.34. The van der Waals surface area contributed by atoms with Crippen LogP contribution < -0.4 is 5.32 Å². The Labute approximate surface area is 103 Å². The second kappa shape index (κ2) is 5.41. The fourth-order valence-corrected chi connectivity index (χ4v) is 2.61. The van der Waals surface area contributed by atoms with Gasteiger partial charge >= 0.3 is 0 Å². The van der Waals surface area contributed by atoms with Gasteiger partial charge < -0.3 is 5.32 Å². The number of piperidine rings is 1. The van der Waals surface area contributed by atoms with E-state index >= 15 is 0 Å². The fraction of sp³-hybridized carbons (Fsp3) is 0.571. The molecule has 2 heterocycles. The molecule has 2 rings (SSSR count). The van der Waals surface area contributed by atoms with E-state index in [1.807, 2.05) is 12.1 Å². The zero-order valence-electron chi connectivity index (χ0n) is 10.4. The lowest BCUT2D eigenvalue weighted by molar-refractivity contribution is -0.129. The van der Waals surface area contributed by atoms with Crippen molar-refractivity contribution in [2.24, 2.45) is 5.41 Å². The van der Waals surface area contributed by atoms with Gasteiger partial charge in [-0.25, -0.2) is 0 Å². The molecule has 0 amide bonds. The van der Waals surface area contributed by atoms with Crippen LogP contribution in [0.2, 0.25) is 0 Å². The average molecular weight is 232 g/mol. The molecule has 0 radical (unpaired) electrons. The van der Waals surface area contributed by atoms with Crippen molar-refractivity contribution in [3.05, 3.63) is 30.1 Å². The first kappa shape index (κ1) is 12.2. The number of carbonyl (C=O) groups is 1. The highest BCUT2D eigenvalue weighted by Gasteiger charge is 2.36. The number of pyridine rings is 1. The van der Waals surface area contributed by atoms with Crippen LogP contribution >= 0.6 is 0 Å². The maximum atomic E-state index is 12.5. The Bertz CT molecular complexity index is 369. The predicted molar refractivity (Wildman–Crippen MR) is 67.8 cm³/mol. The standard InChI is InChI=1S/C14H20N2O/c1-2-14(5-9-16-10-6-14)13(17)11-12-3-7-15-8-4-12/h3-4,7-8,16H,2,5-6,9-11H2,1H3. The minimum atomic E-state index is -0.0888. The summed E-state index contributed by atoms with van der Waals surface area (Å²) in [4.78, 5) is 16.5. The van der Waals surface area contributed by atoms with Crippen LogP contribution in [-0.4, -0.2) is 23.9 Å². The van der Waals surface area contributed by atoms with Crippen LogP contribution in [0.15, 0.2) is 24.5 Å². The molecular formula is C14H20N2O. The van der Waals surface area contributed by atoms with Gasteiger partial charge in [-0.1, -0.05) is 6.92 Å². The number of Topliss-reactive ketones (excluding diaryl/α,β-unsaturated/α-hetero) is 1. The van der Waals surface area contributed by atoms with Crippen molar-refractivity contribution < 1.29 is 4.79 Å². The summed E-state index contributed by atoms with van der Waals surface area (Å²) in [5.74, 6) is 0.396. The summed E-state index contributed by atoms with van der Waals surface area (Å²) in [6.07, 6.45) is 6.98. The Morgan fingerprint density at radius 1 is 1.35 bits per heavy atom. The Morgan fingerprint density at radius 2 is 2.00 bits per heavy atom. The average Bonchev–Trinajstić information content (AvgIpc) is 2.40. The lowest BCUT2D eigenvalue weighted by Crippen LogP contribution is -2.42. The number of hydrogen-bond acceptors (Lipinski definition) is 3. The van der Waals surface area contributed by atoms with E-state index < -0.39 is 0 Å². The van der Waals surface area contributed by atoms with Gasteiger partial charge in [-0.15, -0.1) is 0 Å². The van der Waals surface area contributed by atoms with Gasteiger partial charge in [0.1, 0.15) is 5.78 Å². The highest BCUT2D eigenvalue weighted by atomic mass is 16.1. The van der Waals surface area contributed by atoms with Gasteiger partial charge in [-0.05, 0) is 50.0 Å². The largest absolute Gasteiger partial charge is 0.317 e. The van der Waals surface area contributed by atoms with E-state index in [-0.39, 0.29) is 5.41 Å². The van der Waals surface area contributed by atoms with E-state index in [9.17, 15) is 4.79 Å². The van der Waals surface area contributed by atoms with Crippen molar-refractivity contribution in [1.82, 2.24) is 10.3 Å². The normalized spacial score (nSPS) is 18.9. The zero-order valence-corrected chi connectivity index (χ0v) is 10.4. The quantitative estimate of drug-likeness (QED) is 0.863. The molecule has 1 saturated heterocycles. The maximum absolute atomic E-state index is 12.5. The minimum absolute atomic E-state index is 0.0888. The predicted octanol–water partition coefficient (Wildman–Crippen LogP) is 1.97. The van der Waals surface area contributed by atoms with Crippen molar-refractivity contribution in [3.63, 3.8) is 0 Å². The van der Waals surface area contributed by atoms with Crippen LogP contribution in [-0.2, 0) is 11.2 Å². The van der Waals surface area contributed by atoms with E-state index in [2.05, 4.69) is 17.2 Å². The van der Waals surface area contributed by atoms with E-state index in [0.29, 0.717) is 12.2 Å². The molecule has 0 spiro atoms.